The summed E-state index contributed by atoms with van der Waals surface area (Å²) in [6, 6.07) is 5.30. The maximum atomic E-state index is 13.6. The summed E-state index contributed by atoms with van der Waals surface area (Å²) >= 11 is 0. The molecule has 1 aliphatic heterocycles. The minimum Gasteiger partial charge on any atom is -0.380 e. The standard InChI is InChI=1S/C13H16FN/c1-10-5-6-13(14)12(8-10)11-4-3-7-15(2)9-11/h5-6,8-9H,3-4,7H2,1-2H3. The number of rotatable bonds is 1. The molecule has 2 rings (SSSR count). The molecule has 0 N–H and O–H groups in total. The first-order valence-electron chi connectivity index (χ1n) is 5.34. The molecule has 1 heterocycles. The van der Waals surface area contributed by atoms with E-state index in [9.17, 15) is 4.39 Å². The molecule has 0 bridgehead atoms. The van der Waals surface area contributed by atoms with E-state index < -0.39 is 0 Å². The van der Waals surface area contributed by atoms with Crippen LogP contribution in [0.4, 0.5) is 4.39 Å². The van der Waals surface area contributed by atoms with Crippen LogP contribution in [-0.2, 0) is 0 Å². The molecule has 0 aromatic heterocycles. The molecule has 0 saturated carbocycles. The second kappa shape index (κ2) is 4.05. The Hall–Kier alpha value is -1.31. The van der Waals surface area contributed by atoms with Gasteiger partial charge in [-0.1, -0.05) is 11.6 Å². The van der Waals surface area contributed by atoms with Gasteiger partial charge in [0.1, 0.15) is 5.82 Å². The number of hydrogen-bond acceptors (Lipinski definition) is 1. The number of benzene rings is 1. The Morgan fingerprint density at radius 2 is 2.13 bits per heavy atom. The molecule has 0 aliphatic carbocycles. The Morgan fingerprint density at radius 3 is 2.87 bits per heavy atom. The average molecular weight is 205 g/mol. The summed E-state index contributed by atoms with van der Waals surface area (Å²) in [5.41, 5.74) is 2.99. The van der Waals surface area contributed by atoms with Gasteiger partial charge in [0.15, 0.2) is 0 Å². The van der Waals surface area contributed by atoms with Crippen molar-refractivity contribution in [2.75, 3.05) is 13.6 Å². The third-order valence-corrected chi connectivity index (χ3v) is 2.80. The largest absolute Gasteiger partial charge is 0.380 e. The molecule has 0 unspecified atom stereocenters. The van der Waals surface area contributed by atoms with Crippen LogP contribution in [0.2, 0.25) is 0 Å². The number of halogens is 1. The molecule has 0 radical (unpaired) electrons. The summed E-state index contributed by atoms with van der Waals surface area (Å²) in [6.07, 6.45) is 4.14. The topological polar surface area (TPSA) is 3.24 Å². The monoisotopic (exact) mass is 205 g/mol. The van der Waals surface area contributed by atoms with Gasteiger partial charge in [0.2, 0.25) is 0 Å². The van der Waals surface area contributed by atoms with Crippen LogP contribution in [0, 0.1) is 12.7 Å². The normalized spacial score (nSPS) is 16.5. The molecular weight excluding hydrogens is 189 g/mol. The molecule has 0 amide bonds. The fourth-order valence-corrected chi connectivity index (χ4v) is 2.00. The Kier molecular flexibility index (Phi) is 2.76. The van der Waals surface area contributed by atoms with E-state index in [1.165, 1.54) is 0 Å². The van der Waals surface area contributed by atoms with Gasteiger partial charge < -0.3 is 4.90 Å². The summed E-state index contributed by atoms with van der Waals surface area (Å²) in [7, 11) is 2.03. The van der Waals surface area contributed by atoms with Crippen molar-refractivity contribution in [2.45, 2.75) is 19.8 Å². The Bertz CT molecular complexity index is 396. The summed E-state index contributed by atoms with van der Waals surface area (Å²) in [4.78, 5) is 2.13. The summed E-state index contributed by atoms with van der Waals surface area (Å²) < 4.78 is 13.6. The van der Waals surface area contributed by atoms with Crippen LogP contribution in [0.25, 0.3) is 5.57 Å². The SMILES string of the molecule is Cc1ccc(F)c(C2=CN(C)CCC2)c1. The molecule has 15 heavy (non-hydrogen) atoms. The molecule has 80 valence electrons. The molecule has 0 spiro atoms. The number of aryl methyl sites for hydroxylation is 1. The molecule has 1 aromatic carbocycles. The van der Waals surface area contributed by atoms with Gasteiger partial charge in [0.25, 0.3) is 0 Å². The van der Waals surface area contributed by atoms with Crippen LogP contribution >= 0.6 is 0 Å². The van der Waals surface area contributed by atoms with Crippen LogP contribution in [0.1, 0.15) is 24.0 Å². The fourth-order valence-electron chi connectivity index (χ4n) is 2.00. The molecule has 0 atom stereocenters. The second-order valence-electron chi connectivity index (χ2n) is 4.22. The van der Waals surface area contributed by atoms with E-state index in [0.29, 0.717) is 0 Å². The molecule has 1 nitrogen and oxygen atoms in total. The second-order valence-corrected chi connectivity index (χ2v) is 4.22. The van der Waals surface area contributed by atoms with Crippen molar-refractivity contribution in [3.05, 3.63) is 41.3 Å². The van der Waals surface area contributed by atoms with E-state index in [0.717, 1.165) is 36.1 Å². The lowest BCUT2D eigenvalue weighted by molar-refractivity contribution is 0.431. The van der Waals surface area contributed by atoms with Crippen LogP contribution < -0.4 is 0 Å². The van der Waals surface area contributed by atoms with Crippen LogP contribution in [0.15, 0.2) is 24.4 Å². The van der Waals surface area contributed by atoms with Crippen LogP contribution in [0.3, 0.4) is 0 Å². The Labute approximate surface area is 90.2 Å². The van der Waals surface area contributed by atoms with Crippen molar-refractivity contribution in [1.82, 2.24) is 4.90 Å². The van der Waals surface area contributed by atoms with Gasteiger partial charge in [-0.15, -0.1) is 0 Å². The zero-order chi connectivity index (χ0) is 10.8. The lowest BCUT2D eigenvalue weighted by atomic mass is 9.97. The summed E-state index contributed by atoms with van der Waals surface area (Å²) in [5, 5.41) is 0. The Balaban J connectivity index is 2.40. The summed E-state index contributed by atoms with van der Waals surface area (Å²) in [5.74, 6) is -0.109. The Morgan fingerprint density at radius 1 is 1.33 bits per heavy atom. The highest BCUT2D eigenvalue weighted by Crippen LogP contribution is 2.26. The maximum Gasteiger partial charge on any atom is 0.130 e. The molecule has 1 aliphatic rings. The number of hydrogen-bond donors (Lipinski definition) is 0. The van der Waals surface area contributed by atoms with E-state index in [1.807, 2.05) is 26.1 Å². The van der Waals surface area contributed by atoms with Gasteiger partial charge in [-0.3, -0.25) is 0 Å². The minimum absolute atomic E-state index is 0.109. The first-order chi connectivity index (χ1) is 7.16. The smallest absolute Gasteiger partial charge is 0.130 e. The molecule has 1 aromatic rings. The summed E-state index contributed by atoms with van der Waals surface area (Å²) in [6.45, 7) is 3.06. The first kappa shape index (κ1) is 10.2. The van der Waals surface area contributed by atoms with Crippen molar-refractivity contribution < 1.29 is 4.39 Å². The van der Waals surface area contributed by atoms with Crippen molar-refractivity contribution >= 4 is 5.57 Å². The van der Waals surface area contributed by atoms with Crippen molar-refractivity contribution in [1.29, 1.82) is 0 Å². The average Bonchev–Trinajstić information content (AvgIpc) is 2.22. The predicted octanol–water partition coefficient (Wildman–Crippen LogP) is 3.20. The van der Waals surface area contributed by atoms with Crippen molar-refractivity contribution in [3.8, 4) is 0 Å². The zero-order valence-electron chi connectivity index (χ0n) is 9.26. The lowest BCUT2D eigenvalue weighted by Gasteiger charge is -2.23. The fraction of sp³-hybridized carbons (Fsp3) is 0.385. The van der Waals surface area contributed by atoms with Crippen molar-refractivity contribution in [2.24, 2.45) is 0 Å². The van der Waals surface area contributed by atoms with Gasteiger partial charge in [-0.05, 0) is 37.5 Å². The van der Waals surface area contributed by atoms with Crippen molar-refractivity contribution in [3.63, 3.8) is 0 Å². The molecule has 2 heteroatoms. The van der Waals surface area contributed by atoms with Crippen LogP contribution in [0.5, 0.6) is 0 Å². The van der Waals surface area contributed by atoms with Gasteiger partial charge >= 0.3 is 0 Å². The lowest BCUT2D eigenvalue weighted by Crippen LogP contribution is -2.17. The zero-order valence-corrected chi connectivity index (χ0v) is 9.26. The van der Waals surface area contributed by atoms with Gasteiger partial charge in [-0.25, -0.2) is 4.39 Å². The third kappa shape index (κ3) is 2.20. The predicted molar refractivity (Wildman–Crippen MR) is 61.0 cm³/mol. The van der Waals surface area contributed by atoms with Gasteiger partial charge in [0, 0.05) is 25.4 Å². The molecular formula is C13H16FN. The highest BCUT2D eigenvalue weighted by molar-refractivity contribution is 5.66. The first-order valence-corrected chi connectivity index (χ1v) is 5.34. The molecule has 0 fully saturated rings. The number of nitrogens with zero attached hydrogens (tertiary/aromatic N) is 1. The number of allylic oxidation sites excluding steroid dienone is 1. The quantitative estimate of drug-likeness (QED) is 0.680. The minimum atomic E-state index is -0.109. The van der Waals surface area contributed by atoms with E-state index in [1.54, 1.807) is 6.07 Å². The highest BCUT2D eigenvalue weighted by atomic mass is 19.1. The van der Waals surface area contributed by atoms with Crippen LogP contribution in [-0.4, -0.2) is 18.5 Å². The third-order valence-electron chi connectivity index (χ3n) is 2.80. The van der Waals surface area contributed by atoms with Gasteiger partial charge in [0.05, 0.1) is 0 Å². The molecule has 0 saturated heterocycles. The van der Waals surface area contributed by atoms with Gasteiger partial charge in [-0.2, -0.15) is 0 Å². The van der Waals surface area contributed by atoms with E-state index in [-0.39, 0.29) is 5.82 Å². The van der Waals surface area contributed by atoms with E-state index in [2.05, 4.69) is 11.1 Å². The van der Waals surface area contributed by atoms with E-state index >= 15 is 0 Å². The highest BCUT2D eigenvalue weighted by Gasteiger charge is 2.12. The van der Waals surface area contributed by atoms with E-state index in [4.69, 9.17) is 0 Å². The maximum absolute atomic E-state index is 13.6.